The minimum Gasteiger partial charge on any atom is -0.490 e. The lowest BCUT2D eigenvalue weighted by Gasteiger charge is -2.21. The van der Waals surface area contributed by atoms with E-state index in [1.54, 1.807) is 19.2 Å². The molecule has 3 aromatic carbocycles. The third-order valence-corrected chi connectivity index (χ3v) is 4.85. The number of benzene rings is 3. The van der Waals surface area contributed by atoms with E-state index in [4.69, 9.17) is 18.6 Å². The van der Waals surface area contributed by atoms with E-state index in [9.17, 15) is 4.79 Å². The van der Waals surface area contributed by atoms with Crippen LogP contribution in [0.4, 0.5) is 0 Å². The Bertz CT molecular complexity index is 1300. The summed E-state index contributed by atoms with van der Waals surface area (Å²) in [4.78, 5) is 12.6. The molecule has 0 bridgehead atoms. The molecule has 0 radical (unpaired) electrons. The van der Waals surface area contributed by atoms with Gasteiger partial charge >= 0.3 is 0 Å². The molecule has 31 heavy (non-hydrogen) atoms. The molecule has 0 fully saturated rings. The second-order valence-corrected chi connectivity index (χ2v) is 7.98. The molecule has 0 aliphatic carbocycles. The van der Waals surface area contributed by atoms with Crippen molar-refractivity contribution in [2.24, 2.45) is 0 Å². The summed E-state index contributed by atoms with van der Waals surface area (Å²) in [6.07, 6.45) is -0.0712. The van der Waals surface area contributed by atoms with Gasteiger partial charge in [0.05, 0.1) is 24.7 Å². The van der Waals surface area contributed by atoms with E-state index in [1.165, 1.54) is 6.07 Å². The van der Waals surface area contributed by atoms with E-state index in [0.717, 1.165) is 16.3 Å². The number of para-hydroxylation sites is 1. The first-order chi connectivity index (χ1) is 14.9. The van der Waals surface area contributed by atoms with Crippen LogP contribution in [0, 0.1) is 0 Å². The van der Waals surface area contributed by atoms with Gasteiger partial charge in [0.15, 0.2) is 16.9 Å². The quantitative estimate of drug-likeness (QED) is 0.373. The Kier molecular flexibility index (Phi) is 5.59. The van der Waals surface area contributed by atoms with Crippen molar-refractivity contribution in [2.75, 3.05) is 7.11 Å². The molecule has 0 spiro atoms. The molecule has 1 aromatic heterocycles. The highest BCUT2D eigenvalue weighted by Gasteiger charge is 2.20. The first-order valence-electron chi connectivity index (χ1n) is 10.4. The van der Waals surface area contributed by atoms with Gasteiger partial charge in [-0.25, -0.2) is 0 Å². The molecule has 5 heteroatoms. The van der Waals surface area contributed by atoms with Gasteiger partial charge in [-0.05, 0) is 57.3 Å². The number of methoxy groups -OCH3 is 1. The van der Waals surface area contributed by atoms with E-state index in [-0.39, 0.29) is 17.6 Å². The predicted molar refractivity (Wildman–Crippen MR) is 124 cm³/mol. The predicted octanol–water partition coefficient (Wildman–Crippen LogP) is 6.20. The van der Waals surface area contributed by atoms with E-state index in [2.05, 4.69) is 0 Å². The molecule has 0 unspecified atom stereocenters. The Morgan fingerprint density at radius 3 is 2.26 bits per heavy atom. The van der Waals surface area contributed by atoms with Crippen LogP contribution in [0.15, 0.2) is 63.8 Å². The molecule has 4 rings (SSSR count). The van der Waals surface area contributed by atoms with Gasteiger partial charge in [-0.1, -0.05) is 24.3 Å². The number of hydrogen-bond acceptors (Lipinski definition) is 5. The van der Waals surface area contributed by atoms with Crippen LogP contribution in [0.3, 0.4) is 0 Å². The number of hydrogen-bond donors (Lipinski definition) is 0. The van der Waals surface area contributed by atoms with Gasteiger partial charge in [0, 0.05) is 17.0 Å². The van der Waals surface area contributed by atoms with Gasteiger partial charge in [-0.3, -0.25) is 4.79 Å². The fourth-order valence-corrected chi connectivity index (χ4v) is 3.61. The maximum absolute atomic E-state index is 12.6. The van der Waals surface area contributed by atoms with Crippen LogP contribution in [0.25, 0.3) is 33.1 Å². The maximum Gasteiger partial charge on any atom is 0.204 e. The highest BCUT2D eigenvalue weighted by Crippen LogP contribution is 2.45. The molecule has 160 valence electrons. The second-order valence-electron chi connectivity index (χ2n) is 7.98. The van der Waals surface area contributed by atoms with Gasteiger partial charge in [-0.15, -0.1) is 0 Å². The Hall–Kier alpha value is -3.47. The van der Waals surface area contributed by atoms with Crippen molar-refractivity contribution in [3.8, 4) is 28.6 Å². The molecule has 0 amide bonds. The van der Waals surface area contributed by atoms with Crippen LogP contribution >= 0.6 is 0 Å². The minimum absolute atomic E-state index is 0.00982. The van der Waals surface area contributed by atoms with Gasteiger partial charge in [0.25, 0.3) is 0 Å². The molecule has 0 saturated heterocycles. The highest BCUT2D eigenvalue weighted by molar-refractivity contribution is 5.96. The Morgan fingerprint density at radius 2 is 1.55 bits per heavy atom. The van der Waals surface area contributed by atoms with Crippen molar-refractivity contribution in [1.29, 1.82) is 0 Å². The Balaban J connectivity index is 1.95. The molecule has 0 saturated carbocycles. The lowest BCUT2D eigenvalue weighted by molar-refractivity contribution is 0.211. The summed E-state index contributed by atoms with van der Waals surface area (Å²) in [5.41, 5.74) is 1.26. The number of rotatable bonds is 6. The topological polar surface area (TPSA) is 57.9 Å². The van der Waals surface area contributed by atoms with Gasteiger partial charge in [0.2, 0.25) is 5.75 Å². The molecule has 4 aromatic rings. The first kappa shape index (κ1) is 20.8. The molecule has 5 nitrogen and oxygen atoms in total. The van der Waals surface area contributed by atoms with E-state index < -0.39 is 0 Å². The molecule has 0 aliphatic rings. The van der Waals surface area contributed by atoms with Gasteiger partial charge in [0.1, 0.15) is 11.3 Å². The third kappa shape index (κ3) is 4.08. The summed E-state index contributed by atoms with van der Waals surface area (Å²) < 4.78 is 23.9. The third-order valence-electron chi connectivity index (χ3n) is 4.85. The van der Waals surface area contributed by atoms with Crippen LogP contribution < -0.4 is 19.6 Å². The molecule has 0 atom stereocenters. The summed E-state index contributed by atoms with van der Waals surface area (Å²) in [5.74, 6) is 2.29. The van der Waals surface area contributed by atoms with Crippen molar-refractivity contribution in [2.45, 2.75) is 39.9 Å². The van der Waals surface area contributed by atoms with Crippen LogP contribution in [-0.4, -0.2) is 19.3 Å². The van der Waals surface area contributed by atoms with Crippen molar-refractivity contribution >= 4 is 21.7 Å². The zero-order chi connectivity index (χ0) is 22.1. The van der Waals surface area contributed by atoms with Crippen LogP contribution in [0.2, 0.25) is 0 Å². The normalized spacial score (nSPS) is 11.5. The number of fused-ring (bicyclic) bond motifs is 2. The summed E-state index contributed by atoms with van der Waals surface area (Å²) in [7, 11) is 1.60. The summed E-state index contributed by atoms with van der Waals surface area (Å²) >= 11 is 0. The molecular weight excluding hydrogens is 392 g/mol. The zero-order valence-corrected chi connectivity index (χ0v) is 18.4. The van der Waals surface area contributed by atoms with Crippen LogP contribution in [-0.2, 0) is 0 Å². The van der Waals surface area contributed by atoms with Crippen molar-refractivity contribution in [3.05, 3.63) is 64.8 Å². The van der Waals surface area contributed by atoms with Crippen molar-refractivity contribution in [1.82, 2.24) is 0 Å². The Labute approximate surface area is 181 Å². The molecular formula is C26H26O5. The standard InChI is InChI=1S/C26H26O5/c1-15(2)29-24-13-17-10-11-18(12-20(17)25(26(24)28-5)30-16(3)4)23-14-21(27)19-8-6-7-9-22(19)31-23/h6-16H,1-5H3. The van der Waals surface area contributed by atoms with E-state index in [1.807, 2.05) is 64.1 Å². The van der Waals surface area contributed by atoms with Crippen molar-refractivity contribution < 1.29 is 18.6 Å². The largest absolute Gasteiger partial charge is 0.490 e. The highest BCUT2D eigenvalue weighted by atomic mass is 16.5. The zero-order valence-electron chi connectivity index (χ0n) is 18.4. The lowest BCUT2D eigenvalue weighted by Crippen LogP contribution is -2.10. The smallest absolute Gasteiger partial charge is 0.204 e. The Morgan fingerprint density at radius 1 is 0.806 bits per heavy atom. The van der Waals surface area contributed by atoms with Crippen LogP contribution in [0.1, 0.15) is 27.7 Å². The fraction of sp³-hybridized carbons (Fsp3) is 0.269. The SMILES string of the molecule is COc1c(OC(C)C)cc2ccc(-c3cc(=O)c4ccccc4o3)cc2c1OC(C)C. The monoisotopic (exact) mass is 418 g/mol. The number of ether oxygens (including phenoxy) is 3. The fourth-order valence-electron chi connectivity index (χ4n) is 3.61. The van der Waals surface area contributed by atoms with E-state index >= 15 is 0 Å². The summed E-state index contributed by atoms with van der Waals surface area (Å²) in [6, 6.07) is 16.6. The van der Waals surface area contributed by atoms with Gasteiger partial charge in [-0.2, -0.15) is 0 Å². The summed E-state index contributed by atoms with van der Waals surface area (Å²) in [6.45, 7) is 7.87. The summed E-state index contributed by atoms with van der Waals surface area (Å²) in [5, 5.41) is 2.36. The molecule has 0 aliphatic heterocycles. The lowest BCUT2D eigenvalue weighted by atomic mass is 10.0. The second kappa shape index (κ2) is 8.34. The maximum atomic E-state index is 12.6. The molecule has 1 heterocycles. The average Bonchev–Trinajstić information content (AvgIpc) is 2.73. The first-order valence-corrected chi connectivity index (χ1v) is 10.4. The van der Waals surface area contributed by atoms with Gasteiger partial charge < -0.3 is 18.6 Å². The molecule has 0 N–H and O–H groups in total. The van der Waals surface area contributed by atoms with Crippen LogP contribution in [0.5, 0.6) is 17.2 Å². The minimum atomic E-state index is -0.0751. The average molecular weight is 418 g/mol. The van der Waals surface area contributed by atoms with E-state index in [0.29, 0.717) is 34.0 Å². The van der Waals surface area contributed by atoms with Crippen molar-refractivity contribution in [3.63, 3.8) is 0 Å².